The normalized spacial score (nSPS) is 18.8. The van der Waals surface area contributed by atoms with Crippen LogP contribution in [-0.4, -0.2) is 0 Å². The average molecular weight is 339 g/mol. The van der Waals surface area contributed by atoms with E-state index < -0.39 is 0 Å². The Morgan fingerprint density at radius 3 is 2.82 bits per heavy atom. The van der Waals surface area contributed by atoms with Crippen molar-refractivity contribution in [3.8, 4) is 0 Å². The van der Waals surface area contributed by atoms with Gasteiger partial charge in [-0.15, -0.1) is 0 Å². The Morgan fingerprint density at radius 2 is 2.00 bits per heavy atom. The first-order valence-electron chi connectivity index (χ1n) is 5.91. The molecule has 2 aromatic rings. The molecular weight excluding hydrogens is 325 g/mol. The minimum absolute atomic E-state index is 0.401. The Bertz CT molecular complexity index is 503. The number of halogens is 1. The number of hydrogen-bond donors (Lipinski definition) is 1. The topological polar surface area (TPSA) is 25.2 Å². The lowest BCUT2D eigenvalue weighted by Gasteiger charge is -2.23. The number of furan rings is 1. The summed E-state index contributed by atoms with van der Waals surface area (Å²) >= 11 is 2.32. The van der Waals surface area contributed by atoms with Gasteiger partial charge in [-0.25, -0.2) is 0 Å². The molecule has 1 aliphatic carbocycles. The maximum absolute atomic E-state index is 5.50. The van der Waals surface area contributed by atoms with E-state index in [2.05, 4.69) is 58.2 Å². The number of nitrogens with one attached hydrogen (secondary N) is 1. The summed E-state index contributed by atoms with van der Waals surface area (Å²) in [7, 11) is 0. The molecule has 1 aromatic heterocycles. The highest BCUT2D eigenvalue weighted by Gasteiger charge is 2.22. The van der Waals surface area contributed by atoms with Crippen molar-refractivity contribution in [3.63, 3.8) is 0 Å². The first-order chi connectivity index (χ1) is 8.33. The largest absolute Gasteiger partial charge is 0.469 e. The summed E-state index contributed by atoms with van der Waals surface area (Å²) in [5.74, 6) is 1.15. The molecule has 0 amide bonds. The number of hydrogen-bond acceptors (Lipinski definition) is 2. The Kier molecular flexibility index (Phi) is 3.09. The van der Waals surface area contributed by atoms with Gasteiger partial charge in [-0.05, 0) is 65.8 Å². The van der Waals surface area contributed by atoms with Crippen LogP contribution in [0.2, 0.25) is 0 Å². The third-order valence-electron chi connectivity index (χ3n) is 3.24. The molecule has 0 fully saturated rings. The maximum Gasteiger partial charge on any atom is 0.109 e. The molecule has 1 unspecified atom stereocenters. The Labute approximate surface area is 115 Å². The van der Waals surface area contributed by atoms with Crippen molar-refractivity contribution in [3.05, 3.63) is 51.5 Å². The molecule has 0 aliphatic heterocycles. The Morgan fingerprint density at radius 1 is 1.18 bits per heavy atom. The van der Waals surface area contributed by atoms with E-state index >= 15 is 0 Å². The van der Waals surface area contributed by atoms with Gasteiger partial charge in [0.25, 0.3) is 0 Å². The first kappa shape index (κ1) is 11.1. The van der Waals surface area contributed by atoms with E-state index in [4.69, 9.17) is 4.42 Å². The zero-order valence-corrected chi connectivity index (χ0v) is 11.6. The molecule has 1 heterocycles. The van der Waals surface area contributed by atoms with Crippen molar-refractivity contribution in [1.29, 1.82) is 0 Å². The van der Waals surface area contributed by atoms with E-state index in [9.17, 15) is 0 Å². The number of benzene rings is 1. The summed E-state index contributed by atoms with van der Waals surface area (Å²) in [6.07, 6.45) is 5.26. The Balaban J connectivity index is 1.81. The molecule has 0 saturated heterocycles. The zero-order chi connectivity index (χ0) is 11.7. The van der Waals surface area contributed by atoms with Gasteiger partial charge in [-0.3, -0.25) is 0 Å². The highest BCUT2D eigenvalue weighted by molar-refractivity contribution is 14.1. The van der Waals surface area contributed by atoms with Gasteiger partial charge in [0.15, 0.2) is 0 Å². The summed E-state index contributed by atoms with van der Waals surface area (Å²) in [6, 6.07) is 11.0. The molecule has 1 aromatic carbocycles. The van der Waals surface area contributed by atoms with Crippen molar-refractivity contribution in [1.82, 2.24) is 0 Å². The van der Waals surface area contributed by atoms with Crippen LogP contribution in [0.4, 0.5) is 5.69 Å². The van der Waals surface area contributed by atoms with E-state index in [1.54, 1.807) is 6.26 Å². The van der Waals surface area contributed by atoms with Crippen LogP contribution in [0.15, 0.2) is 41.0 Å². The molecular formula is C14H14INO. The zero-order valence-electron chi connectivity index (χ0n) is 9.45. The molecule has 1 aliphatic rings. The SMILES string of the molecule is Ic1ccc(NC2CCCc3occc32)cc1. The highest BCUT2D eigenvalue weighted by atomic mass is 127. The van der Waals surface area contributed by atoms with Gasteiger partial charge in [0.05, 0.1) is 12.3 Å². The molecule has 2 nitrogen and oxygen atoms in total. The van der Waals surface area contributed by atoms with Gasteiger partial charge in [-0.2, -0.15) is 0 Å². The van der Waals surface area contributed by atoms with E-state index in [0.29, 0.717) is 6.04 Å². The number of anilines is 1. The lowest BCUT2D eigenvalue weighted by molar-refractivity contribution is 0.461. The van der Waals surface area contributed by atoms with Crippen LogP contribution in [-0.2, 0) is 6.42 Å². The average Bonchev–Trinajstić information content (AvgIpc) is 2.81. The predicted octanol–water partition coefficient (Wildman–Crippen LogP) is 4.37. The van der Waals surface area contributed by atoms with E-state index in [0.717, 1.165) is 12.2 Å². The lowest BCUT2D eigenvalue weighted by atomic mass is 9.93. The van der Waals surface area contributed by atoms with Crippen molar-refractivity contribution in [2.24, 2.45) is 0 Å². The summed E-state index contributed by atoms with van der Waals surface area (Å²) in [4.78, 5) is 0. The van der Waals surface area contributed by atoms with Crippen LogP contribution in [0.25, 0.3) is 0 Å². The lowest BCUT2D eigenvalue weighted by Crippen LogP contribution is -2.15. The number of rotatable bonds is 2. The monoisotopic (exact) mass is 339 g/mol. The molecule has 3 rings (SSSR count). The molecule has 17 heavy (non-hydrogen) atoms. The van der Waals surface area contributed by atoms with E-state index in [-0.39, 0.29) is 0 Å². The summed E-state index contributed by atoms with van der Waals surface area (Å²) in [5.41, 5.74) is 2.51. The second-order valence-corrected chi connectivity index (χ2v) is 5.64. The predicted molar refractivity (Wildman–Crippen MR) is 77.2 cm³/mol. The van der Waals surface area contributed by atoms with Crippen molar-refractivity contribution in [2.75, 3.05) is 5.32 Å². The molecule has 3 heteroatoms. The molecule has 1 N–H and O–H groups in total. The number of fused-ring (bicyclic) bond motifs is 1. The quantitative estimate of drug-likeness (QED) is 0.822. The van der Waals surface area contributed by atoms with E-state index in [1.807, 2.05) is 0 Å². The number of aryl methyl sites for hydroxylation is 1. The third-order valence-corrected chi connectivity index (χ3v) is 3.96. The smallest absolute Gasteiger partial charge is 0.109 e. The van der Waals surface area contributed by atoms with Crippen LogP contribution < -0.4 is 5.32 Å². The van der Waals surface area contributed by atoms with Crippen molar-refractivity contribution in [2.45, 2.75) is 25.3 Å². The second-order valence-electron chi connectivity index (χ2n) is 4.40. The summed E-state index contributed by atoms with van der Waals surface area (Å²) in [6.45, 7) is 0. The van der Waals surface area contributed by atoms with Gasteiger partial charge in [0.2, 0.25) is 0 Å². The van der Waals surface area contributed by atoms with Gasteiger partial charge in [-0.1, -0.05) is 0 Å². The second kappa shape index (κ2) is 4.72. The van der Waals surface area contributed by atoms with Gasteiger partial charge in [0.1, 0.15) is 5.76 Å². The van der Waals surface area contributed by atoms with Gasteiger partial charge < -0.3 is 9.73 Å². The fourth-order valence-corrected chi connectivity index (χ4v) is 2.74. The van der Waals surface area contributed by atoms with Crippen molar-refractivity contribution < 1.29 is 4.42 Å². The molecule has 1 atom stereocenters. The molecule has 88 valence electrons. The van der Waals surface area contributed by atoms with Crippen LogP contribution in [0.1, 0.15) is 30.2 Å². The summed E-state index contributed by atoms with van der Waals surface area (Å²) in [5, 5.41) is 3.59. The van der Waals surface area contributed by atoms with Crippen LogP contribution in [0.3, 0.4) is 0 Å². The standard InChI is InChI=1S/C14H14INO/c15-10-4-6-11(7-5-10)16-13-2-1-3-14-12(13)8-9-17-14/h4-9,13,16H,1-3H2. The van der Waals surface area contributed by atoms with Crippen molar-refractivity contribution >= 4 is 28.3 Å². The fourth-order valence-electron chi connectivity index (χ4n) is 2.38. The minimum atomic E-state index is 0.401. The van der Waals surface area contributed by atoms with Crippen LogP contribution in [0, 0.1) is 3.57 Å². The summed E-state index contributed by atoms with van der Waals surface area (Å²) < 4.78 is 6.77. The first-order valence-corrected chi connectivity index (χ1v) is 6.99. The molecule has 0 spiro atoms. The van der Waals surface area contributed by atoms with Crippen LogP contribution >= 0.6 is 22.6 Å². The third kappa shape index (κ3) is 2.34. The van der Waals surface area contributed by atoms with Gasteiger partial charge in [0, 0.05) is 21.2 Å². The molecule has 0 bridgehead atoms. The molecule has 0 saturated carbocycles. The highest BCUT2D eigenvalue weighted by Crippen LogP contribution is 2.33. The van der Waals surface area contributed by atoms with Crippen LogP contribution in [0.5, 0.6) is 0 Å². The maximum atomic E-state index is 5.50. The molecule has 0 radical (unpaired) electrons. The van der Waals surface area contributed by atoms with Gasteiger partial charge >= 0.3 is 0 Å². The minimum Gasteiger partial charge on any atom is -0.469 e. The Hall–Kier alpha value is -0.970. The fraction of sp³-hybridized carbons (Fsp3) is 0.286. The van der Waals surface area contributed by atoms with E-state index in [1.165, 1.54) is 27.7 Å².